The molecule has 5 heteroatoms. The minimum absolute atomic E-state index is 0.244. The van der Waals surface area contributed by atoms with Crippen molar-refractivity contribution >= 4 is 39.0 Å². The van der Waals surface area contributed by atoms with E-state index in [1.807, 2.05) is 0 Å². The van der Waals surface area contributed by atoms with Crippen LogP contribution in [0.25, 0.3) is 10.2 Å². The molecule has 1 unspecified atom stereocenters. The number of anilines is 1. The number of aromatic nitrogens is 2. The van der Waals surface area contributed by atoms with Gasteiger partial charge in [-0.2, -0.15) is 0 Å². The molecular weight excluding hydrogens is 266 g/mol. The van der Waals surface area contributed by atoms with E-state index in [0.717, 1.165) is 43.0 Å². The van der Waals surface area contributed by atoms with Gasteiger partial charge in [0.05, 0.1) is 10.8 Å². The van der Waals surface area contributed by atoms with Crippen LogP contribution >= 0.6 is 22.9 Å². The average molecular weight is 282 g/mol. The van der Waals surface area contributed by atoms with Crippen molar-refractivity contribution in [3.05, 3.63) is 17.3 Å². The molecular formula is C13H16ClN3S. The number of thiophene rings is 1. The lowest BCUT2D eigenvalue weighted by Gasteiger charge is -2.30. The number of piperidine rings is 1. The highest BCUT2D eigenvalue weighted by Crippen LogP contribution is 2.32. The summed E-state index contributed by atoms with van der Waals surface area (Å²) < 4.78 is 0. The molecule has 3 nitrogen and oxygen atoms in total. The van der Waals surface area contributed by atoms with Gasteiger partial charge in [0.15, 0.2) is 0 Å². The summed E-state index contributed by atoms with van der Waals surface area (Å²) in [5.41, 5.74) is 0. The predicted octanol–water partition coefficient (Wildman–Crippen LogP) is 3.46. The maximum absolute atomic E-state index is 6.26. The van der Waals surface area contributed by atoms with Gasteiger partial charge in [0.2, 0.25) is 0 Å². The van der Waals surface area contributed by atoms with Gasteiger partial charge in [-0.15, -0.1) is 22.9 Å². The van der Waals surface area contributed by atoms with Crippen LogP contribution in [0.15, 0.2) is 12.4 Å². The van der Waals surface area contributed by atoms with Crippen LogP contribution in [0.4, 0.5) is 5.82 Å². The Morgan fingerprint density at radius 3 is 3.17 bits per heavy atom. The Morgan fingerprint density at radius 1 is 1.50 bits per heavy atom. The van der Waals surface area contributed by atoms with Crippen molar-refractivity contribution in [3.63, 3.8) is 0 Å². The van der Waals surface area contributed by atoms with Crippen molar-refractivity contribution in [3.8, 4) is 0 Å². The van der Waals surface area contributed by atoms with Crippen molar-refractivity contribution in [1.29, 1.82) is 0 Å². The second-order valence-electron chi connectivity index (χ2n) is 4.67. The molecule has 0 N–H and O–H groups in total. The lowest BCUT2D eigenvalue weighted by atomic mass is 10.1. The molecule has 0 aliphatic carbocycles. The number of rotatable bonds is 2. The Kier molecular flexibility index (Phi) is 3.39. The maximum Gasteiger partial charge on any atom is 0.140 e. The van der Waals surface area contributed by atoms with Gasteiger partial charge < -0.3 is 4.90 Å². The zero-order chi connectivity index (χ0) is 12.5. The molecule has 1 saturated heterocycles. The van der Waals surface area contributed by atoms with Gasteiger partial charge in [0.1, 0.15) is 17.0 Å². The quantitative estimate of drug-likeness (QED) is 0.790. The fraction of sp³-hybridized carbons (Fsp3) is 0.538. The summed E-state index contributed by atoms with van der Waals surface area (Å²) in [6.07, 6.45) is 4.98. The highest BCUT2D eigenvalue weighted by atomic mass is 35.5. The molecule has 0 radical (unpaired) electrons. The number of alkyl halides is 1. The number of hydrogen-bond acceptors (Lipinski definition) is 4. The molecule has 2 aromatic heterocycles. The van der Waals surface area contributed by atoms with E-state index in [1.165, 1.54) is 10.3 Å². The zero-order valence-electron chi connectivity index (χ0n) is 10.4. The third-order valence-electron chi connectivity index (χ3n) is 3.37. The van der Waals surface area contributed by atoms with E-state index in [9.17, 15) is 0 Å². The molecule has 2 aromatic rings. The second-order valence-corrected chi connectivity index (χ2v) is 6.40. The standard InChI is InChI=1S/C13H16ClN3S/c1-2-10-6-11-12(15-8-16-13(11)18-10)17-5-3-4-9(14)7-17/h6,8-9H,2-5,7H2,1H3. The van der Waals surface area contributed by atoms with E-state index in [2.05, 4.69) is 27.9 Å². The van der Waals surface area contributed by atoms with E-state index >= 15 is 0 Å². The number of halogens is 1. The van der Waals surface area contributed by atoms with Crippen molar-refractivity contribution in [2.75, 3.05) is 18.0 Å². The van der Waals surface area contributed by atoms with Gasteiger partial charge in [-0.3, -0.25) is 0 Å². The van der Waals surface area contributed by atoms with Gasteiger partial charge in [0.25, 0.3) is 0 Å². The average Bonchev–Trinajstić information content (AvgIpc) is 2.81. The van der Waals surface area contributed by atoms with Crippen LogP contribution in [0.2, 0.25) is 0 Å². The minimum Gasteiger partial charge on any atom is -0.354 e. The molecule has 1 aliphatic heterocycles. The Balaban J connectivity index is 2.02. The first-order chi connectivity index (χ1) is 8.78. The SMILES string of the molecule is CCc1cc2c(N3CCCC(Cl)C3)ncnc2s1. The summed E-state index contributed by atoms with van der Waals surface area (Å²) in [7, 11) is 0. The predicted molar refractivity (Wildman–Crippen MR) is 77.9 cm³/mol. The first kappa shape index (κ1) is 12.2. The molecule has 1 atom stereocenters. The monoisotopic (exact) mass is 281 g/mol. The van der Waals surface area contributed by atoms with Crippen LogP contribution in [0.5, 0.6) is 0 Å². The Bertz CT molecular complexity index is 554. The van der Waals surface area contributed by atoms with Crippen molar-refractivity contribution in [2.24, 2.45) is 0 Å². The highest BCUT2D eigenvalue weighted by molar-refractivity contribution is 7.18. The first-order valence-corrected chi connectivity index (χ1v) is 7.65. The third-order valence-corrected chi connectivity index (χ3v) is 4.91. The van der Waals surface area contributed by atoms with E-state index in [4.69, 9.17) is 11.6 Å². The van der Waals surface area contributed by atoms with Crippen molar-refractivity contribution < 1.29 is 0 Å². The highest BCUT2D eigenvalue weighted by Gasteiger charge is 2.21. The van der Waals surface area contributed by atoms with E-state index in [-0.39, 0.29) is 5.38 Å². The van der Waals surface area contributed by atoms with Crippen LogP contribution in [0.1, 0.15) is 24.6 Å². The summed E-state index contributed by atoms with van der Waals surface area (Å²) >= 11 is 8.03. The van der Waals surface area contributed by atoms with Gasteiger partial charge in [-0.1, -0.05) is 6.92 Å². The fourth-order valence-electron chi connectivity index (χ4n) is 2.44. The molecule has 0 bridgehead atoms. The number of fused-ring (bicyclic) bond motifs is 1. The summed E-state index contributed by atoms with van der Waals surface area (Å²) in [5, 5.41) is 1.43. The van der Waals surface area contributed by atoms with E-state index in [1.54, 1.807) is 17.7 Å². The van der Waals surface area contributed by atoms with Gasteiger partial charge in [0, 0.05) is 18.0 Å². The molecule has 3 heterocycles. The van der Waals surface area contributed by atoms with Gasteiger partial charge in [-0.25, -0.2) is 9.97 Å². The summed E-state index contributed by atoms with van der Waals surface area (Å²) in [5.74, 6) is 1.06. The third kappa shape index (κ3) is 2.19. The smallest absolute Gasteiger partial charge is 0.140 e. The minimum atomic E-state index is 0.244. The molecule has 1 fully saturated rings. The van der Waals surface area contributed by atoms with Crippen LogP contribution in [0.3, 0.4) is 0 Å². The van der Waals surface area contributed by atoms with Crippen LogP contribution in [-0.2, 0) is 6.42 Å². The first-order valence-electron chi connectivity index (χ1n) is 6.40. The largest absolute Gasteiger partial charge is 0.354 e. The summed E-state index contributed by atoms with van der Waals surface area (Å²) in [4.78, 5) is 13.6. The Hall–Kier alpha value is -0.870. The molecule has 0 amide bonds. The zero-order valence-corrected chi connectivity index (χ0v) is 12.0. The molecule has 0 aromatic carbocycles. The molecule has 0 saturated carbocycles. The van der Waals surface area contributed by atoms with Crippen molar-refractivity contribution in [1.82, 2.24) is 9.97 Å². The Labute approximate surface area is 116 Å². The van der Waals surface area contributed by atoms with E-state index < -0.39 is 0 Å². The molecule has 3 rings (SSSR count). The summed E-state index contributed by atoms with van der Waals surface area (Å²) in [6, 6.07) is 2.23. The topological polar surface area (TPSA) is 29.0 Å². The molecule has 0 spiro atoms. The number of nitrogens with zero attached hydrogens (tertiary/aromatic N) is 3. The fourth-order valence-corrected chi connectivity index (χ4v) is 3.69. The molecule has 18 heavy (non-hydrogen) atoms. The summed E-state index contributed by atoms with van der Waals surface area (Å²) in [6.45, 7) is 4.12. The van der Waals surface area contributed by atoms with Crippen molar-refractivity contribution in [2.45, 2.75) is 31.6 Å². The van der Waals surface area contributed by atoms with Crippen LogP contribution in [-0.4, -0.2) is 28.4 Å². The maximum atomic E-state index is 6.26. The van der Waals surface area contributed by atoms with Gasteiger partial charge >= 0.3 is 0 Å². The van der Waals surface area contributed by atoms with E-state index in [0.29, 0.717) is 0 Å². The Morgan fingerprint density at radius 2 is 2.39 bits per heavy atom. The number of aryl methyl sites for hydroxylation is 1. The molecule has 96 valence electrons. The second kappa shape index (κ2) is 5.02. The normalized spacial score (nSPS) is 20.6. The lowest BCUT2D eigenvalue weighted by Crippen LogP contribution is -2.36. The van der Waals surface area contributed by atoms with Gasteiger partial charge in [-0.05, 0) is 25.3 Å². The molecule has 1 aliphatic rings. The lowest BCUT2D eigenvalue weighted by molar-refractivity contribution is 0.581. The van der Waals surface area contributed by atoms with Crippen LogP contribution < -0.4 is 4.90 Å². The number of hydrogen-bond donors (Lipinski definition) is 0. The van der Waals surface area contributed by atoms with Crippen LogP contribution in [0, 0.1) is 0 Å².